The van der Waals surface area contributed by atoms with Gasteiger partial charge >= 0.3 is 5.97 Å². The number of carbonyl (C=O) groups is 1. The molecule has 0 fully saturated rings. The molecule has 0 bridgehead atoms. The zero-order chi connectivity index (χ0) is 18.4. The molecule has 2 rings (SSSR count). The summed E-state index contributed by atoms with van der Waals surface area (Å²) in [7, 11) is 1.33. The van der Waals surface area contributed by atoms with Gasteiger partial charge in [-0.3, -0.25) is 4.79 Å². The van der Waals surface area contributed by atoms with Crippen molar-refractivity contribution in [2.75, 3.05) is 7.11 Å². The van der Waals surface area contributed by atoms with Crippen molar-refractivity contribution in [3.05, 3.63) is 70.5 Å². The van der Waals surface area contributed by atoms with Crippen LogP contribution >= 0.6 is 0 Å². The van der Waals surface area contributed by atoms with Gasteiger partial charge < -0.3 is 4.74 Å². The highest BCUT2D eigenvalue weighted by Gasteiger charge is 2.32. The molecule has 2 aromatic rings. The van der Waals surface area contributed by atoms with Crippen LogP contribution in [0.4, 0.5) is 13.2 Å². The number of benzene rings is 2. The molecule has 0 radical (unpaired) electrons. The van der Waals surface area contributed by atoms with E-state index in [9.17, 15) is 18.0 Å². The van der Waals surface area contributed by atoms with Gasteiger partial charge in [0.15, 0.2) is 0 Å². The molecule has 0 unspecified atom stereocenters. The fourth-order valence-corrected chi connectivity index (χ4v) is 2.63. The first-order chi connectivity index (χ1) is 11.8. The summed E-state index contributed by atoms with van der Waals surface area (Å²) in [5, 5.41) is 0. The second-order valence-electron chi connectivity index (χ2n) is 6.08. The third-order valence-electron chi connectivity index (χ3n) is 4.17. The molecule has 0 amide bonds. The maximum atomic E-state index is 14.5. The normalized spacial score (nSPS) is 11.4. The van der Waals surface area contributed by atoms with E-state index in [-0.39, 0.29) is 11.5 Å². The zero-order valence-corrected chi connectivity index (χ0v) is 14.3. The maximum absolute atomic E-state index is 14.5. The highest BCUT2D eigenvalue weighted by Crippen LogP contribution is 2.33. The van der Waals surface area contributed by atoms with E-state index >= 15 is 0 Å². The molecule has 0 atom stereocenters. The van der Waals surface area contributed by atoms with E-state index in [0.717, 1.165) is 11.6 Å². The third kappa shape index (κ3) is 5.34. The smallest absolute Gasteiger partial charge is 0.305 e. The van der Waals surface area contributed by atoms with Crippen LogP contribution in [0.15, 0.2) is 42.5 Å². The van der Waals surface area contributed by atoms with Gasteiger partial charge in [-0.15, -0.1) is 0 Å². The molecule has 5 heteroatoms. The molecule has 0 heterocycles. The number of esters is 1. The summed E-state index contributed by atoms with van der Waals surface area (Å²) in [6.07, 6.45) is 0.973. The highest BCUT2D eigenvalue weighted by molar-refractivity contribution is 5.69. The minimum atomic E-state index is -3.08. The Bertz CT molecular complexity index is 724. The van der Waals surface area contributed by atoms with Gasteiger partial charge in [-0.05, 0) is 48.6 Å². The van der Waals surface area contributed by atoms with Crippen LogP contribution in [0.2, 0.25) is 0 Å². The zero-order valence-electron chi connectivity index (χ0n) is 14.3. The van der Waals surface area contributed by atoms with Crippen molar-refractivity contribution >= 4 is 5.97 Å². The number of hydrogen-bond donors (Lipinski definition) is 0. The lowest BCUT2D eigenvalue weighted by Crippen LogP contribution is -2.17. The van der Waals surface area contributed by atoms with Crippen LogP contribution in [0.5, 0.6) is 0 Å². The molecule has 25 heavy (non-hydrogen) atoms. The van der Waals surface area contributed by atoms with Gasteiger partial charge in [0.2, 0.25) is 0 Å². The van der Waals surface area contributed by atoms with E-state index in [1.54, 1.807) is 19.1 Å². The number of aryl methyl sites for hydroxylation is 2. The quantitative estimate of drug-likeness (QED) is 0.660. The summed E-state index contributed by atoms with van der Waals surface area (Å²) < 4.78 is 46.9. The first kappa shape index (κ1) is 19.0. The average molecular weight is 350 g/mol. The number of ether oxygens (including phenoxy) is 1. The van der Waals surface area contributed by atoms with Crippen LogP contribution in [-0.2, 0) is 28.3 Å². The summed E-state index contributed by atoms with van der Waals surface area (Å²) in [6.45, 7) is 1.69. The lowest BCUT2D eigenvalue weighted by molar-refractivity contribution is -0.140. The SMILES string of the molecule is COC(=O)CCCc1ccc(C(F)(F)Cc2cc(F)ccc2C)cc1. The molecule has 0 aromatic heterocycles. The van der Waals surface area contributed by atoms with E-state index in [0.29, 0.717) is 30.4 Å². The molecule has 0 aliphatic rings. The number of methoxy groups -OCH3 is 1. The van der Waals surface area contributed by atoms with Crippen molar-refractivity contribution in [1.82, 2.24) is 0 Å². The minimum Gasteiger partial charge on any atom is -0.469 e. The summed E-state index contributed by atoms with van der Waals surface area (Å²) >= 11 is 0. The molecule has 0 spiro atoms. The minimum absolute atomic E-state index is 0.104. The first-order valence-electron chi connectivity index (χ1n) is 8.11. The monoisotopic (exact) mass is 350 g/mol. The van der Waals surface area contributed by atoms with Gasteiger partial charge in [0.05, 0.1) is 7.11 Å². The molecule has 2 aromatic carbocycles. The van der Waals surface area contributed by atoms with Crippen molar-refractivity contribution in [1.29, 1.82) is 0 Å². The Morgan fingerprint density at radius 2 is 1.80 bits per heavy atom. The predicted octanol–water partition coefficient (Wildman–Crippen LogP) is 4.96. The second-order valence-corrected chi connectivity index (χ2v) is 6.08. The Labute approximate surface area is 145 Å². The number of halogens is 3. The molecule has 134 valence electrons. The van der Waals surface area contributed by atoms with E-state index in [1.807, 2.05) is 0 Å². The molecule has 0 saturated heterocycles. The van der Waals surface area contributed by atoms with Crippen molar-refractivity contribution in [3.63, 3.8) is 0 Å². The Kier molecular flexibility index (Phi) is 6.23. The van der Waals surface area contributed by atoms with Crippen LogP contribution < -0.4 is 0 Å². The van der Waals surface area contributed by atoms with Crippen molar-refractivity contribution in [2.24, 2.45) is 0 Å². The third-order valence-corrected chi connectivity index (χ3v) is 4.17. The van der Waals surface area contributed by atoms with Crippen molar-refractivity contribution in [3.8, 4) is 0 Å². The van der Waals surface area contributed by atoms with Gasteiger partial charge in [0, 0.05) is 18.4 Å². The Morgan fingerprint density at radius 3 is 2.44 bits per heavy atom. The topological polar surface area (TPSA) is 26.3 Å². The van der Waals surface area contributed by atoms with Crippen LogP contribution in [-0.4, -0.2) is 13.1 Å². The largest absolute Gasteiger partial charge is 0.469 e. The number of hydrogen-bond acceptors (Lipinski definition) is 2. The van der Waals surface area contributed by atoms with Gasteiger partial charge in [-0.2, -0.15) is 0 Å². The Morgan fingerprint density at radius 1 is 1.12 bits per heavy atom. The van der Waals surface area contributed by atoms with Crippen LogP contribution in [0.1, 0.15) is 35.1 Å². The van der Waals surface area contributed by atoms with Gasteiger partial charge in [0.1, 0.15) is 5.82 Å². The van der Waals surface area contributed by atoms with E-state index in [1.165, 1.54) is 31.4 Å². The maximum Gasteiger partial charge on any atom is 0.305 e. The number of alkyl halides is 2. The molecule has 0 aliphatic carbocycles. The van der Waals surface area contributed by atoms with E-state index in [2.05, 4.69) is 4.74 Å². The molecule has 0 saturated carbocycles. The van der Waals surface area contributed by atoms with Crippen molar-refractivity contribution in [2.45, 2.75) is 38.5 Å². The fourth-order valence-electron chi connectivity index (χ4n) is 2.63. The molecule has 0 aliphatic heterocycles. The Balaban J connectivity index is 2.04. The predicted molar refractivity (Wildman–Crippen MR) is 90.1 cm³/mol. The molecular formula is C20H21F3O2. The van der Waals surface area contributed by atoms with Crippen LogP contribution in [0.3, 0.4) is 0 Å². The van der Waals surface area contributed by atoms with E-state index < -0.39 is 18.2 Å². The summed E-state index contributed by atoms with van der Waals surface area (Å²) in [5.41, 5.74) is 1.71. The summed E-state index contributed by atoms with van der Waals surface area (Å²) in [5.74, 6) is -3.88. The second kappa shape index (κ2) is 8.19. The standard InChI is InChI=1S/C20H21F3O2/c1-14-6-11-18(21)12-16(14)13-20(22,23)17-9-7-15(8-10-17)4-3-5-19(24)25-2/h6-12H,3-5,13H2,1-2H3. The van der Waals surface area contributed by atoms with Crippen LogP contribution in [0, 0.1) is 12.7 Å². The lowest BCUT2D eigenvalue weighted by Gasteiger charge is -2.18. The molecular weight excluding hydrogens is 329 g/mol. The fraction of sp³-hybridized carbons (Fsp3) is 0.350. The Hall–Kier alpha value is -2.30. The number of carbonyl (C=O) groups excluding carboxylic acids is 1. The molecule has 2 nitrogen and oxygen atoms in total. The van der Waals surface area contributed by atoms with Gasteiger partial charge in [-0.25, -0.2) is 13.2 Å². The summed E-state index contributed by atoms with van der Waals surface area (Å²) in [4.78, 5) is 11.1. The number of rotatable bonds is 7. The average Bonchev–Trinajstić information content (AvgIpc) is 2.58. The van der Waals surface area contributed by atoms with Crippen LogP contribution in [0.25, 0.3) is 0 Å². The van der Waals surface area contributed by atoms with E-state index in [4.69, 9.17) is 0 Å². The molecule has 0 N–H and O–H groups in total. The first-order valence-corrected chi connectivity index (χ1v) is 8.11. The highest BCUT2D eigenvalue weighted by atomic mass is 19.3. The lowest BCUT2D eigenvalue weighted by atomic mass is 9.96. The van der Waals surface area contributed by atoms with Crippen molar-refractivity contribution < 1.29 is 22.7 Å². The van der Waals surface area contributed by atoms with Gasteiger partial charge in [0.25, 0.3) is 5.92 Å². The van der Waals surface area contributed by atoms with Gasteiger partial charge in [-0.1, -0.05) is 30.3 Å². The summed E-state index contributed by atoms with van der Waals surface area (Å²) in [6, 6.07) is 9.98.